The van der Waals surface area contributed by atoms with Crippen molar-refractivity contribution in [2.75, 3.05) is 0 Å². The number of ether oxygens (including phenoxy) is 1. The summed E-state index contributed by atoms with van der Waals surface area (Å²) in [5.74, 6) is 0.601. The predicted octanol–water partition coefficient (Wildman–Crippen LogP) is 3.36. The fraction of sp³-hybridized carbons (Fsp3) is 0.294. The van der Waals surface area contributed by atoms with Crippen LogP contribution >= 0.6 is 0 Å². The minimum atomic E-state index is -0.192. The van der Waals surface area contributed by atoms with E-state index < -0.39 is 0 Å². The second-order valence-electron chi connectivity index (χ2n) is 5.11. The lowest BCUT2D eigenvalue weighted by Crippen LogP contribution is -2.27. The van der Waals surface area contributed by atoms with Crippen LogP contribution in [0.5, 0.6) is 5.75 Å². The van der Waals surface area contributed by atoms with Crippen LogP contribution in [0.15, 0.2) is 48.7 Å². The van der Waals surface area contributed by atoms with Gasteiger partial charge in [-0.15, -0.1) is 0 Å². The smallest absolute Gasteiger partial charge is 0.270 e. The highest BCUT2D eigenvalue weighted by Gasteiger charge is 2.16. The summed E-state index contributed by atoms with van der Waals surface area (Å²) in [4.78, 5) is 16.2. The van der Waals surface area contributed by atoms with E-state index in [0.717, 1.165) is 11.3 Å². The number of aromatic nitrogens is 1. The number of nitrogens with zero attached hydrogens (tertiary/aromatic N) is 1. The molecule has 0 radical (unpaired) electrons. The van der Waals surface area contributed by atoms with E-state index in [-0.39, 0.29) is 18.1 Å². The summed E-state index contributed by atoms with van der Waals surface area (Å²) in [6.07, 6.45) is 1.69. The Balaban J connectivity index is 2.13. The van der Waals surface area contributed by atoms with Gasteiger partial charge >= 0.3 is 0 Å². The number of carbonyl (C=O) groups is 1. The highest BCUT2D eigenvalue weighted by atomic mass is 16.5. The lowest BCUT2D eigenvalue weighted by molar-refractivity contribution is 0.0934. The van der Waals surface area contributed by atoms with Gasteiger partial charge in [0.25, 0.3) is 5.91 Å². The monoisotopic (exact) mass is 284 g/mol. The van der Waals surface area contributed by atoms with Crippen LogP contribution in [0.4, 0.5) is 0 Å². The molecule has 1 atom stereocenters. The Morgan fingerprint density at radius 3 is 2.48 bits per heavy atom. The average molecular weight is 284 g/mol. The van der Waals surface area contributed by atoms with E-state index in [4.69, 9.17) is 4.74 Å². The maximum absolute atomic E-state index is 12.1. The van der Waals surface area contributed by atoms with Gasteiger partial charge in [0.05, 0.1) is 12.1 Å². The third-order valence-corrected chi connectivity index (χ3v) is 2.99. The summed E-state index contributed by atoms with van der Waals surface area (Å²) >= 11 is 0. The van der Waals surface area contributed by atoms with Gasteiger partial charge in [-0.2, -0.15) is 0 Å². The van der Waals surface area contributed by atoms with Gasteiger partial charge in [-0.25, -0.2) is 0 Å². The zero-order valence-electron chi connectivity index (χ0n) is 12.5. The van der Waals surface area contributed by atoms with Crippen LogP contribution in [-0.2, 0) is 0 Å². The minimum absolute atomic E-state index is 0.0878. The topological polar surface area (TPSA) is 51.2 Å². The number of nitrogens with one attached hydrogen (secondary N) is 1. The summed E-state index contributed by atoms with van der Waals surface area (Å²) < 4.78 is 5.79. The average Bonchev–Trinajstić information content (AvgIpc) is 2.48. The van der Waals surface area contributed by atoms with Crippen LogP contribution in [0, 0.1) is 0 Å². The summed E-state index contributed by atoms with van der Waals surface area (Å²) in [6, 6.07) is 12.8. The summed E-state index contributed by atoms with van der Waals surface area (Å²) in [5, 5.41) is 2.94. The second kappa shape index (κ2) is 6.88. The van der Waals surface area contributed by atoms with E-state index in [1.807, 2.05) is 45.0 Å². The van der Waals surface area contributed by atoms with Crippen LogP contribution in [0.25, 0.3) is 0 Å². The standard InChI is InChI=1S/C17H20N2O2/c1-12(2)21-16-10-5-4-8-14(16)13(3)19-17(20)15-9-6-7-11-18-15/h4-13H,1-3H3,(H,19,20). The molecule has 2 rings (SSSR count). The zero-order valence-corrected chi connectivity index (χ0v) is 12.5. The molecule has 0 fully saturated rings. The van der Waals surface area contributed by atoms with Crippen LogP contribution in [0.3, 0.4) is 0 Å². The highest BCUT2D eigenvalue weighted by molar-refractivity contribution is 5.92. The maximum atomic E-state index is 12.1. The Morgan fingerprint density at radius 1 is 1.10 bits per heavy atom. The molecule has 1 N–H and O–H groups in total. The number of pyridine rings is 1. The summed E-state index contributed by atoms with van der Waals surface area (Å²) in [5.41, 5.74) is 1.36. The lowest BCUT2D eigenvalue weighted by Gasteiger charge is -2.19. The second-order valence-corrected chi connectivity index (χ2v) is 5.11. The Bertz CT molecular complexity index is 597. The molecule has 0 aliphatic carbocycles. The van der Waals surface area contributed by atoms with Crippen molar-refractivity contribution in [3.05, 3.63) is 59.9 Å². The number of carbonyl (C=O) groups excluding carboxylic acids is 1. The molecule has 2 aromatic rings. The van der Waals surface area contributed by atoms with Crippen molar-refractivity contribution in [2.24, 2.45) is 0 Å². The Hall–Kier alpha value is -2.36. The molecule has 0 saturated heterocycles. The van der Waals surface area contributed by atoms with Gasteiger partial charge in [-0.05, 0) is 39.0 Å². The molecular formula is C17H20N2O2. The number of rotatable bonds is 5. The summed E-state index contributed by atoms with van der Waals surface area (Å²) in [7, 11) is 0. The molecule has 0 aliphatic rings. The largest absolute Gasteiger partial charge is 0.491 e. The molecule has 1 aromatic carbocycles. The molecule has 0 saturated carbocycles. The number of hydrogen-bond donors (Lipinski definition) is 1. The first kappa shape index (κ1) is 15.0. The lowest BCUT2D eigenvalue weighted by atomic mass is 10.1. The van der Waals surface area contributed by atoms with E-state index >= 15 is 0 Å². The third kappa shape index (κ3) is 4.05. The fourth-order valence-corrected chi connectivity index (χ4v) is 2.04. The van der Waals surface area contributed by atoms with Crippen molar-refractivity contribution in [1.82, 2.24) is 10.3 Å². The quantitative estimate of drug-likeness (QED) is 0.916. The van der Waals surface area contributed by atoms with Gasteiger partial charge < -0.3 is 10.1 Å². The number of para-hydroxylation sites is 1. The number of amides is 1. The number of hydrogen-bond acceptors (Lipinski definition) is 3. The first-order valence-electron chi connectivity index (χ1n) is 7.05. The van der Waals surface area contributed by atoms with Crippen molar-refractivity contribution in [3.63, 3.8) is 0 Å². The molecule has 4 nitrogen and oxygen atoms in total. The molecule has 0 aliphatic heterocycles. The third-order valence-electron chi connectivity index (χ3n) is 2.99. The van der Waals surface area contributed by atoms with E-state index in [2.05, 4.69) is 10.3 Å². The molecule has 21 heavy (non-hydrogen) atoms. The van der Waals surface area contributed by atoms with Gasteiger partial charge in [0.1, 0.15) is 11.4 Å². The molecule has 0 spiro atoms. The SMILES string of the molecule is CC(C)Oc1ccccc1C(C)NC(=O)c1ccccn1. The van der Waals surface area contributed by atoms with Crippen LogP contribution in [0.2, 0.25) is 0 Å². The van der Waals surface area contributed by atoms with Crippen molar-refractivity contribution in [3.8, 4) is 5.75 Å². The molecule has 4 heteroatoms. The molecule has 1 aromatic heterocycles. The summed E-state index contributed by atoms with van der Waals surface area (Å²) in [6.45, 7) is 5.89. The normalized spacial score (nSPS) is 12.0. The van der Waals surface area contributed by atoms with Gasteiger partial charge in [0.15, 0.2) is 0 Å². The van der Waals surface area contributed by atoms with Crippen molar-refractivity contribution in [2.45, 2.75) is 32.9 Å². The molecule has 1 heterocycles. The molecule has 1 amide bonds. The van der Waals surface area contributed by atoms with Gasteiger partial charge in [-0.1, -0.05) is 24.3 Å². The first-order chi connectivity index (χ1) is 10.1. The molecule has 0 bridgehead atoms. The van der Waals surface area contributed by atoms with E-state index in [1.54, 1.807) is 24.4 Å². The van der Waals surface area contributed by atoms with Gasteiger partial charge in [0, 0.05) is 11.8 Å². The zero-order chi connectivity index (χ0) is 15.2. The van der Waals surface area contributed by atoms with Gasteiger partial charge in [0.2, 0.25) is 0 Å². The molecule has 110 valence electrons. The Kier molecular flexibility index (Phi) is 4.93. The Labute approximate surface area is 125 Å². The number of benzene rings is 1. The molecule has 1 unspecified atom stereocenters. The van der Waals surface area contributed by atoms with E-state index in [1.165, 1.54) is 0 Å². The van der Waals surface area contributed by atoms with Gasteiger partial charge in [-0.3, -0.25) is 9.78 Å². The van der Waals surface area contributed by atoms with Crippen molar-refractivity contribution in [1.29, 1.82) is 0 Å². The van der Waals surface area contributed by atoms with Crippen molar-refractivity contribution < 1.29 is 9.53 Å². The Morgan fingerprint density at radius 2 is 1.81 bits per heavy atom. The molecular weight excluding hydrogens is 264 g/mol. The van der Waals surface area contributed by atoms with Crippen LogP contribution in [-0.4, -0.2) is 17.0 Å². The predicted molar refractivity (Wildman–Crippen MR) is 82.3 cm³/mol. The highest BCUT2D eigenvalue weighted by Crippen LogP contribution is 2.25. The maximum Gasteiger partial charge on any atom is 0.270 e. The van der Waals surface area contributed by atoms with Crippen LogP contribution in [0.1, 0.15) is 42.9 Å². The van der Waals surface area contributed by atoms with E-state index in [0.29, 0.717) is 5.69 Å². The van der Waals surface area contributed by atoms with E-state index in [9.17, 15) is 4.79 Å². The van der Waals surface area contributed by atoms with Crippen LogP contribution < -0.4 is 10.1 Å². The van der Waals surface area contributed by atoms with Crippen molar-refractivity contribution >= 4 is 5.91 Å². The first-order valence-corrected chi connectivity index (χ1v) is 7.05. The minimum Gasteiger partial charge on any atom is -0.491 e. The fourth-order valence-electron chi connectivity index (χ4n) is 2.04.